The van der Waals surface area contributed by atoms with Gasteiger partial charge in [-0.25, -0.2) is 9.97 Å². The van der Waals surface area contributed by atoms with Crippen LogP contribution in [0, 0.1) is 0 Å². The van der Waals surface area contributed by atoms with Crippen LogP contribution in [0.15, 0.2) is 36.0 Å². The first-order valence-corrected chi connectivity index (χ1v) is 7.52. The minimum atomic E-state index is 0.309. The molecule has 2 aromatic heterocycles. The van der Waals surface area contributed by atoms with E-state index in [0.717, 1.165) is 34.6 Å². The molecule has 0 saturated heterocycles. The standard InChI is InChI=1S/C15H14N4S/c16-10-2-3-11-9(7-10)1-4-13(11)19-14-12-5-6-20-15(12)18-8-17-14/h2-3,5-8,13H,1,4,16H2,(H,17,18,19). The van der Waals surface area contributed by atoms with Gasteiger partial charge in [-0.1, -0.05) is 6.07 Å². The van der Waals surface area contributed by atoms with Gasteiger partial charge in [0.25, 0.3) is 0 Å². The van der Waals surface area contributed by atoms with Gasteiger partial charge in [-0.05, 0) is 47.5 Å². The van der Waals surface area contributed by atoms with Gasteiger partial charge in [0.1, 0.15) is 17.0 Å². The van der Waals surface area contributed by atoms with Crippen molar-refractivity contribution in [1.82, 2.24) is 9.97 Å². The molecule has 0 bridgehead atoms. The number of hydrogen-bond donors (Lipinski definition) is 2. The number of hydrogen-bond acceptors (Lipinski definition) is 5. The van der Waals surface area contributed by atoms with E-state index in [1.165, 1.54) is 11.1 Å². The molecule has 1 aliphatic rings. The number of anilines is 2. The number of benzene rings is 1. The number of nitrogens with zero attached hydrogens (tertiary/aromatic N) is 2. The van der Waals surface area contributed by atoms with E-state index in [9.17, 15) is 0 Å². The van der Waals surface area contributed by atoms with Gasteiger partial charge in [-0.3, -0.25) is 0 Å². The van der Waals surface area contributed by atoms with E-state index in [1.54, 1.807) is 17.7 Å². The zero-order valence-corrected chi connectivity index (χ0v) is 11.7. The molecule has 1 aliphatic carbocycles. The summed E-state index contributed by atoms with van der Waals surface area (Å²) in [5.41, 5.74) is 9.37. The summed E-state index contributed by atoms with van der Waals surface area (Å²) >= 11 is 1.64. The maximum absolute atomic E-state index is 5.85. The first-order valence-electron chi connectivity index (χ1n) is 6.64. The molecule has 0 radical (unpaired) electrons. The van der Waals surface area contributed by atoms with E-state index in [2.05, 4.69) is 33.5 Å². The SMILES string of the molecule is Nc1ccc2c(c1)CCC2Nc1ncnc2sccc12. The molecule has 1 atom stereocenters. The Labute approximate surface area is 120 Å². The van der Waals surface area contributed by atoms with Crippen LogP contribution in [0.25, 0.3) is 10.2 Å². The fraction of sp³-hybridized carbons (Fsp3) is 0.200. The molecule has 2 heterocycles. The number of aryl methyl sites for hydroxylation is 1. The van der Waals surface area contributed by atoms with Gasteiger partial charge in [-0.15, -0.1) is 11.3 Å². The maximum Gasteiger partial charge on any atom is 0.138 e. The van der Waals surface area contributed by atoms with Crippen LogP contribution in [-0.2, 0) is 6.42 Å². The summed E-state index contributed by atoms with van der Waals surface area (Å²) in [6, 6.07) is 8.56. The van der Waals surface area contributed by atoms with Crippen molar-refractivity contribution in [3.63, 3.8) is 0 Å². The largest absolute Gasteiger partial charge is 0.399 e. The number of fused-ring (bicyclic) bond motifs is 2. The lowest BCUT2D eigenvalue weighted by molar-refractivity contribution is 0.758. The zero-order chi connectivity index (χ0) is 13.5. The second kappa shape index (κ2) is 4.45. The predicted octanol–water partition coefficient (Wildman–Crippen LogP) is 3.37. The number of thiophene rings is 1. The molecule has 1 aromatic carbocycles. The highest BCUT2D eigenvalue weighted by atomic mass is 32.1. The van der Waals surface area contributed by atoms with Crippen molar-refractivity contribution in [1.29, 1.82) is 0 Å². The molecular weight excluding hydrogens is 268 g/mol. The summed E-state index contributed by atoms with van der Waals surface area (Å²) in [4.78, 5) is 9.70. The van der Waals surface area contributed by atoms with Gasteiger partial charge in [-0.2, -0.15) is 0 Å². The van der Waals surface area contributed by atoms with Crippen molar-refractivity contribution in [3.8, 4) is 0 Å². The molecule has 20 heavy (non-hydrogen) atoms. The topological polar surface area (TPSA) is 63.8 Å². The second-order valence-electron chi connectivity index (χ2n) is 5.06. The van der Waals surface area contributed by atoms with Gasteiger partial charge in [0.2, 0.25) is 0 Å². The number of rotatable bonds is 2. The number of nitrogens with two attached hydrogens (primary N) is 1. The molecule has 3 N–H and O–H groups in total. The molecule has 100 valence electrons. The first-order chi connectivity index (χ1) is 9.81. The highest BCUT2D eigenvalue weighted by molar-refractivity contribution is 7.16. The number of aromatic nitrogens is 2. The Balaban J connectivity index is 1.70. The smallest absolute Gasteiger partial charge is 0.138 e. The molecule has 0 amide bonds. The van der Waals surface area contributed by atoms with Gasteiger partial charge < -0.3 is 11.1 Å². The van der Waals surface area contributed by atoms with Crippen molar-refractivity contribution in [2.45, 2.75) is 18.9 Å². The molecule has 0 fully saturated rings. The van der Waals surface area contributed by atoms with Crippen molar-refractivity contribution >= 4 is 33.1 Å². The summed E-state index contributed by atoms with van der Waals surface area (Å²) in [6.45, 7) is 0. The van der Waals surface area contributed by atoms with E-state index in [0.29, 0.717) is 6.04 Å². The molecule has 4 rings (SSSR count). The Morgan fingerprint density at radius 1 is 1.25 bits per heavy atom. The molecule has 4 nitrogen and oxygen atoms in total. The Morgan fingerprint density at radius 2 is 2.20 bits per heavy atom. The third-order valence-electron chi connectivity index (χ3n) is 3.82. The summed E-state index contributed by atoms with van der Waals surface area (Å²) in [6.07, 6.45) is 3.77. The van der Waals surface area contributed by atoms with Gasteiger partial charge in [0.05, 0.1) is 11.4 Å². The van der Waals surface area contributed by atoms with Crippen LogP contribution < -0.4 is 11.1 Å². The van der Waals surface area contributed by atoms with Crippen LogP contribution >= 0.6 is 11.3 Å². The fourth-order valence-electron chi connectivity index (χ4n) is 2.86. The van der Waals surface area contributed by atoms with Crippen LogP contribution in [0.5, 0.6) is 0 Å². The monoisotopic (exact) mass is 282 g/mol. The fourth-order valence-corrected chi connectivity index (χ4v) is 3.59. The first kappa shape index (κ1) is 11.7. The summed E-state index contributed by atoms with van der Waals surface area (Å²) in [7, 11) is 0. The zero-order valence-electron chi connectivity index (χ0n) is 10.8. The van der Waals surface area contributed by atoms with Crippen molar-refractivity contribution in [2.24, 2.45) is 0 Å². The lowest BCUT2D eigenvalue weighted by Crippen LogP contribution is -2.08. The molecule has 5 heteroatoms. The Morgan fingerprint density at radius 3 is 3.15 bits per heavy atom. The molecule has 0 aliphatic heterocycles. The quantitative estimate of drug-likeness (QED) is 0.707. The van der Waals surface area contributed by atoms with E-state index in [4.69, 9.17) is 5.73 Å². The van der Waals surface area contributed by atoms with Crippen LogP contribution in [0.2, 0.25) is 0 Å². The lowest BCUT2D eigenvalue weighted by Gasteiger charge is -2.15. The maximum atomic E-state index is 5.85. The summed E-state index contributed by atoms with van der Waals surface area (Å²) < 4.78 is 0. The highest BCUT2D eigenvalue weighted by Crippen LogP contribution is 2.36. The summed E-state index contributed by atoms with van der Waals surface area (Å²) in [5, 5.41) is 6.71. The van der Waals surface area contributed by atoms with Gasteiger partial charge in [0, 0.05) is 5.69 Å². The van der Waals surface area contributed by atoms with Crippen LogP contribution in [-0.4, -0.2) is 9.97 Å². The van der Waals surface area contributed by atoms with E-state index in [-0.39, 0.29) is 0 Å². The van der Waals surface area contributed by atoms with Crippen molar-refractivity contribution in [2.75, 3.05) is 11.1 Å². The number of nitrogen functional groups attached to an aromatic ring is 1. The third kappa shape index (κ3) is 1.82. The van der Waals surface area contributed by atoms with Crippen molar-refractivity contribution < 1.29 is 0 Å². The van der Waals surface area contributed by atoms with Crippen molar-refractivity contribution in [3.05, 3.63) is 47.1 Å². The minimum Gasteiger partial charge on any atom is -0.399 e. The Bertz CT molecular complexity index is 780. The normalized spacial score (nSPS) is 17.3. The van der Waals surface area contributed by atoms with Crippen LogP contribution in [0.3, 0.4) is 0 Å². The molecular formula is C15H14N4S. The van der Waals surface area contributed by atoms with E-state index >= 15 is 0 Å². The van der Waals surface area contributed by atoms with Gasteiger partial charge in [0.15, 0.2) is 0 Å². The van der Waals surface area contributed by atoms with E-state index in [1.807, 2.05) is 11.4 Å². The summed E-state index contributed by atoms with van der Waals surface area (Å²) in [5.74, 6) is 0.922. The second-order valence-corrected chi connectivity index (χ2v) is 5.95. The minimum absolute atomic E-state index is 0.309. The van der Waals surface area contributed by atoms with Gasteiger partial charge >= 0.3 is 0 Å². The molecule has 0 spiro atoms. The van der Waals surface area contributed by atoms with E-state index < -0.39 is 0 Å². The van der Waals surface area contributed by atoms with Crippen LogP contribution in [0.4, 0.5) is 11.5 Å². The average molecular weight is 282 g/mol. The Kier molecular flexibility index (Phi) is 2.60. The van der Waals surface area contributed by atoms with Crippen LogP contribution in [0.1, 0.15) is 23.6 Å². The Hall–Kier alpha value is -2.14. The average Bonchev–Trinajstić information content (AvgIpc) is 3.06. The third-order valence-corrected chi connectivity index (χ3v) is 4.64. The lowest BCUT2D eigenvalue weighted by atomic mass is 10.1. The molecule has 1 unspecified atom stereocenters. The number of nitrogens with one attached hydrogen (secondary N) is 1. The highest BCUT2D eigenvalue weighted by Gasteiger charge is 2.23. The molecule has 3 aromatic rings. The molecule has 0 saturated carbocycles. The predicted molar refractivity (Wildman–Crippen MR) is 83.0 cm³/mol.